The number of ether oxygens (including phenoxy) is 1. The molecule has 0 aromatic heterocycles. The summed E-state index contributed by atoms with van der Waals surface area (Å²) in [4.78, 5) is 10.8. The highest BCUT2D eigenvalue weighted by atomic mass is 16.5. The fraction of sp³-hybridized carbons (Fsp3) is 0.786. The summed E-state index contributed by atoms with van der Waals surface area (Å²) >= 11 is 0. The minimum atomic E-state index is 0.0487. The summed E-state index contributed by atoms with van der Waals surface area (Å²) in [5.41, 5.74) is 0.653. The number of fused-ring (bicyclic) bond motifs is 2. The van der Waals surface area contributed by atoms with Crippen LogP contribution in [-0.2, 0) is 9.53 Å². The van der Waals surface area contributed by atoms with Crippen molar-refractivity contribution in [3.8, 4) is 0 Å². The Kier molecular flexibility index (Phi) is 2.64. The van der Waals surface area contributed by atoms with E-state index in [1.54, 1.807) is 13.2 Å². The van der Waals surface area contributed by atoms with Crippen molar-refractivity contribution < 1.29 is 9.53 Å². The van der Waals surface area contributed by atoms with Crippen LogP contribution in [0, 0.1) is 16.7 Å². The molecule has 3 atom stereocenters. The van der Waals surface area contributed by atoms with Gasteiger partial charge in [0.05, 0.1) is 6.26 Å². The van der Waals surface area contributed by atoms with E-state index in [0.717, 1.165) is 12.3 Å². The van der Waals surface area contributed by atoms with Gasteiger partial charge in [0.15, 0.2) is 5.78 Å². The first-order chi connectivity index (χ1) is 7.38. The van der Waals surface area contributed by atoms with Gasteiger partial charge in [0.1, 0.15) is 6.10 Å². The maximum atomic E-state index is 10.8. The van der Waals surface area contributed by atoms with Crippen molar-refractivity contribution in [1.82, 2.24) is 0 Å². The standard InChI is InChI=1S/C14H22O2/c1-10(15)6-8-16-12-9-11-5-7-14(12,4)13(11,2)3/h6,8,11-12H,5,7,9H2,1-4H3/b8-6+/t11-,12+,14+/m1/s1. The van der Waals surface area contributed by atoms with E-state index in [-0.39, 0.29) is 17.3 Å². The second kappa shape index (κ2) is 3.61. The highest BCUT2D eigenvalue weighted by Gasteiger charge is 2.62. The molecule has 2 aliphatic rings. The lowest BCUT2D eigenvalue weighted by molar-refractivity contribution is -0.112. The van der Waals surface area contributed by atoms with Crippen LogP contribution in [-0.4, -0.2) is 11.9 Å². The number of ketones is 1. The third kappa shape index (κ3) is 1.50. The van der Waals surface area contributed by atoms with Gasteiger partial charge in [0.2, 0.25) is 0 Å². The van der Waals surface area contributed by atoms with Gasteiger partial charge in [-0.2, -0.15) is 0 Å². The predicted molar refractivity (Wildman–Crippen MR) is 63.9 cm³/mol. The van der Waals surface area contributed by atoms with Crippen molar-refractivity contribution in [3.63, 3.8) is 0 Å². The van der Waals surface area contributed by atoms with Crippen molar-refractivity contribution in [3.05, 3.63) is 12.3 Å². The van der Waals surface area contributed by atoms with Gasteiger partial charge in [0.25, 0.3) is 0 Å². The topological polar surface area (TPSA) is 26.3 Å². The maximum absolute atomic E-state index is 10.8. The molecular formula is C14H22O2. The first kappa shape index (κ1) is 11.7. The van der Waals surface area contributed by atoms with Crippen molar-refractivity contribution in [2.45, 2.75) is 53.1 Å². The normalized spacial score (nSPS) is 40.5. The molecule has 0 N–H and O–H groups in total. The van der Waals surface area contributed by atoms with Crippen LogP contribution in [0.15, 0.2) is 12.3 Å². The second-order valence-corrected chi connectivity index (χ2v) is 6.15. The largest absolute Gasteiger partial charge is 0.497 e. The third-order valence-electron chi connectivity index (χ3n) is 5.26. The summed E-state index contributed by atoms with van der Waals surface area (Å²) in [7, 11) is 0. The molecule has 0 radical (unpaired) electrons. The number of hydrogen-bond acceptors (Lipinski definition) is 2. The highest BCUT2D eigenvalue weighted by molar-refractivity contribution is 5.86. The second-order valence-electron chi connectivity index (χ2n) is 6.15. The zero-order valence-electron chi connectivity index (χ0n) is 10.7. The molecule has 0 unspecified atom stereocenters. The lowest BCUT2D eigenvalue weighted by atomic mass is 9.70. The molecular weight excluding hydrogens is 200 g/mol. The molecule has 0 aliphatic heterocycles. The molecule has 2 bridgehead atoms. The van der Waals surface area contributed by atoms with Gasteiger partial charge in [-0.1, -0.05) is 20.8 Å². The Balaban J connectivity index is 2.07. The highest BCUT2D eigenvalue weighted by Crippen LogP contribution is 2.66. The number of hydrogen-bond donors (Lipinski definition) is 0. The first-order valence-corrected chi connectivity index (χ1v) is 6.20. The molecule has 0 amide bonds. The third-order valence-corrected chi connectivity index (χ3v) is 5.26. The first-order valence-electron chi connectivity index (χ1n) is 6.20. The van der Waals surface area contributed by atoms with E-state index in [4.69, 9.17) is 4.74 Å². The lowest BCUT2D eigenvalue weighted by Crippen LogP contribution is -2.36. The van der Waals surface area contributed by atoms with Crippen molar-refractivity contribution in [1.29, 1.82) is 0 Å². The van der Waals surface area contributed by atoms with Crippen LogP contribution in [0.25, 0.3) is 0 Å². The molecule has 2 heteroatoms. The monoisotopic (exact) mass is 222 g/mol. The van der Waals surface area contributed by atoms with Gasteiger partial charge < -0.3 is 4.74 Å². The van der Waals surface area contributed by atoms with Gasteiger partial charge in [-0.05, 0) is 37.5 Å². The van der Waals surface area contributed by atoms with E-state index in [1.165, 1.54) is 18.9 Å². The number of rotatable bonds is 3. The van der Waals surface area contributed by atoms with E-state index in [2.05, 4.69) is 20.8 Å². The minimum absolute atomic E-state index is 0.0487. The summed E-state index contributed by atoms with van der Waals surface area (Å²) in [6.07, 6.45) is 7.13. The molecule has 2 aliphatic carbocycles. The Labute approximate surface area is 98.1 Å². The predicted octanol–water partition coefficient (Wildman–Crippen LogP) is 3.32. The van der Waals surface area contributed by atoms with Crippen molar-refractivity contribution >= 4 is 5.78 Å². The van der Waals surface area contributed by atoms with Crippen LogP contribution in [0.5, 0.6) is 0 Å². The van der Waals surface area contributed by atoms with Crippen molar-refractivity contribution in [2.24, 2.45) is 16.7 Å². The van der Waals surface area contributed by atoms with E-state index in [9.17, 15) is 4.79 Å². The van der Waals surface area contributed by atoms with Crippen molar-refractivity contribution in [2.75, 3.05) is 0 Å². The van der Waals surface area contributed by atoms with Crippen LogP contribution in [0.3, 0.4) is 0 Å². The minimum Gasteiger partial charge on any atom is -0.497 e. The molecule has 2 saturated carbocycles. The average molecular weight is 222 g/mol. The van der Waals surface area contributed by atoms with E-state index in [1.807, 2.05) is 0 Å². The van der Waals surface area contributed by atoms with Gasteiger partial charge in [0, 0.05) is 11.5 Å². The Morgan fingerprint density at radius 2 is 2.06 bits per heavy atom. The zero-order chi connectivity index (χ0) is 12.0. The Morgan fingerprint density at radius 3 is 2.50 bits per heavy atom. The van der Waals surface area contributed by atoms with E-state index < -0.39 is 0 Å². The summed E-state index contributed by atoms with van der Waals surface area (Å²) < 4.78 is 5.78. The maximum Gasteiger partial charge on any atom is 0.155 e. The Morgan fingerprint density at radius 1 is 1.38 bits per heavy atom. The summed E-state index contributed by atoms with van der Waals surface area (Å²) in [5, 5.41) is 0. The smallest absolute Gasteiger partial charge is 0.155 e. The summed E-state index contributed by atoms with van der Waals surface area (Å²) in [6, 6.07) is 0. The van der Waals surface area contributed by atoms with Gasteiger partial charge in [-0.25, -0.2) is 0 Å². The van der Waals surface area contributed by atoms with E-state index >= 15 is 0 Å². The zero-order valence-corrected chi connectivity index (χ0v) is 10.7. The van der Waals surface area contributed by atoms with Gasteiger partial charge in [-0.3, -0.25) is 4.79 Å². The van der Waals surface area contributed by atoms with Gasteiger partial charge >= 0.3 is 0 Å². The lowest BCUT2D eigenvalue weighted by Gasteiger charge is -2.38. The molecule has 0 aromatic carbocycles. The van der Waals surface area contributed by atoms with Crippen LogP contribution in [0.2, 0.25) is 0 Å². The fourth-order valence-electron chi connectivity index (χ4n) is 3.57. The fourth-order valence-corrected chi connectivity index (χ4v) is 3.57. The summed E-state index contributed by atoms with van der Waals surface area (Å²) in [5.74, 6) is 0.834. The summed E-state index contributed by atoms with van der Waals surface area (Å²) in [6.45, 7) is 8.62. The van der Waals surface area contributed by atoms with Crippen LogP contribution >= 0.6 is 0 Å². The SMILES string of the molecule is CC(=O)/C=C/O[C@H]1C[C@H]2CC[C@]1(C)C2(C)C. The molecule has 0 heterocycles. The molecule has 2 fully saturated rings. The van der Waals surface area contributed by atoms with Crippen LogP contribution in [0.4, 0.5) is 0 Å². The van der Waals surface area contributed by atoms with Gasteiger partial charge in [-0.15, -0.1) is 0 Å². The molecule has 0 saturated heterocycles. The number of allylic oxidation sites excluding steroid dienone is 1. The molecule has 2 nitrogen and oxygen atoms in total. The van der Waals surface area contributed by atoms with Crippen LogP contribution < -0.4 is 0 Å². The quantitative estimate of drug-likeness (QED) is 0.541. The molecule has 16 heavy (non-hydrogen) atoms. The molecule has 90 valence electrons. The molecule has 2 rings (SSSR count). The van der Waals surface area contributed by atoms with Crippen LogP contribution in [0.1, 0.15) is 47.0 Å². The molecule has 0 aromatic rings. The number of carbonyl (C=O) groups excluding carboxylic acids is 1. The molecule has 0 spiro atoms. The number of carbonyl (C=O) groups is 1. The Bertz CT molecular complexity index is 330. The Hall–Kier alpha value is -0.790. The van der Waals surface area contributed by atoms with E-state index in [0.29, 0.717) is 5.41 Å². The average Bonchev–Trinajstić information content (AvgIpc) is 2.49.